The molecule has 19 heteroatoms. The first-order chi connectivity index (χ1) is 45.2. The molecule has 0 radical (unpaired) electrons. The largest absolute Gasteiger partial charge is 0.472 e. The number of carbonyl (C=O) groups is 4. The maximum absolute atomic E-state index is 13.1. The topological polar surface area (TPSA) is 237 Å². The van der Waals surface area contributed by atoms with Gasteiger partial charge in [-0.3, -0.25) is 37.3 Å². The molecule has 0 amide bonds. The average Bonchev–Trinajstić information content (AvgIpc) is 3.67. The maximum atomic E-state index is 13.1. The Labute approximate surface area is 568 Å². The van der Waals surface area contributed by atoms with E-state index in [-0.39, 0.29) is 25.7 Å². The SMILES string of the molecule is CCCCCCCCCCCCCCCCCCCC(=O)O[C@H](COC(=O)CCCCCCCCCCCCCCCCCC)COP(=O)(O)OC[C@@H](O)COP(=O)(O)OC[C@@H](COC(=O)CCCCCCCCCCC)OC(=O)CCCCCCCCCCCCC. The minimum atomic E-state index is -4.95. The molecule has 0 aromatic rings. The van der Waals surface area contributed by atoms with E-state index < -0.39 is 97.5 Å². The fourth-order valence-corrected chi connectivity index (χ4v) is 13.0. The van der Waals surface area contributed by atoms with E-state index in [1.165, 1.54) is 225 Å². The van der Waals surface area contributed by atoms with Crippen molar-refractivity contribution in [3.8, 4) is 0 Å². The fraction of sp³-hybridized carbons (Fsp3) is 0.946. The molecule has 0 aromatic carbocycles. The number of hydrogen-bond donors (Lipinski definition) is 3. The van der Waals surface area contributed by atoms with Gasteiger partial charge in [0, 0.05) is 25.7 Å². The molecular formula is C74H144O17P2. The third kappa shape index (κ3) is 68.4. The summed E-state index contributed by atoms with van der Waals surface area (Å²) in [5, 5.41) is 10.6. The molecule has 5 atom stereocenters. The average molecular weight is 1370 g/mol. The van der Waals surface area contributed by atoms with Gasteiger partial charge in [-0.05, 0) is 25.7 Å². The molecule has 0 heterocycles. The van der Waals surface area contributed by atoms with Gasteiger partial charge in [-0.25, -0.2) is 9.13 Å². The summed E-state index contributed by atoms with van der Waals surface area (Å²) in [5.41, 5.74) is 0. The van der Waals surface area contributed by atoms with Gasteiger partial charge in [0.1, 0.15) is 19.3 Å². The van der Waals surface area contributed by atoms with Gasteiger partial charge < -0.3 is 33.8 Å². The van der Waals surface area contributed by atoms with E-state index in [1.807, 2.05) is 0 Å². The minimum Gasteiger partial charge on any atom is -0.462 e. The van der Waals surface area contributed by atoms with Crippen molar-refractivity contribution in [1.82, 2.24) is 0 Å². The van der Waals surface area contributed by atoms with Crippen LogP contribution >= 0.6 is 15.6 Å². The Morgan fingerprint density at radius 1 is 0.258 bits per heavy atom. The van der Waals surface area contributed by atoms with Crippen molar-refractivity contribution in [1.29, 1.82) is 0 Å². The first kappa shape index (κ1) is 91.1. The van der Waals surface area contributed by atoms with Gasteiger partial charge in [0.05, 0.1) is 26.4 Å². The van der Waals surface area contributed by atoms with Gasteiger partial charge in [-0.1, -0.05) is 342 Å². The van der Waals surface area contributed by atoms with Crippen LogP contribution in [0.2, 0.25) is 0 Å². The first-order valence-electron chi connectivity index (χ1n) is 38.8. The lowest BCUT2D eigenvalue weighted by atomic mass is 10.0. The fourth-order valence-electron chi connectivity index (χ4n) is 11.4. The molecule has 0 aliphatic heterocycles. The van der Waals surface area contributed by atoms with E-state index in [9.17, 15) is 43.2 Å². The number of esters is 4. The summed E-state index contributed by atoms with van der Waals surface area (Å²) >= 11 is 0. The van der Waals surface area contributed by atoms with Gasteiger partial charge in [-0.2, -0.15) is 0 Å². The highest BCUT2D eigenvalue weighted by molar-refractivity contribution is 7.47. The molecule has 93 heavy (non-hydrogen) atoms. The van der Waals surface area contributed by atoms with Gasteiger partial charge in [0.15, 0.2) is 12.2 Å². The third-order valence-electron chi connectivity index (χ3n) is 17.4. The van der Waals surface area contributed by atoms with Crippen molar-refractivity contribution in [3.05, 3.63) is 0 Å². The molecule has 0 aromatic heterocycles. The summed E-state index contributed by atoms with van der Waals surface area (Å²) in [7, 11) is -9.90. The van der Waals surface area contributed by atoms with Crippen molar-refractivity contribution < 1.29 is 80.2 Å². The van der Waals surface area contributed by atoms with Gasteiger partial charge in [0.25, 0.3) is 0 Å². The zero-order valence-corrected chi connectivity index (χ0v) is 62.0. The van der Waals surface area contributed by atoms with Crippen molar-refractivity contribution in [2.24, 2.45) is 0 Å². The van der Waals surface area contributed by atoms with Crippen LogP contribution in [0.3, 0.4) is 0 Å². The normalized spacial score (nSPS) is 13.9. The van der Waals surface area contributed by atoms with Crippen LogP contribution in [0.25, 0.3) is 0 Å². The zero-order chi connectivity index (χ0) is 68.2. The third-order valence-corrected chi connectivity index (χ3v) is 19.3. The van der Waals surface area contributed by atoms with E-state index in [1.54, 1.807) is 0 Å². The van der Waals surface area contributed by atoms with Crippen LogP contribution in [0.1, 0.15) is 394 Å². The van der Waals surface area contributed by atoms with E-state index in [0.29, 0.717) is 25.7 Å². The summed E-state index contributed by atoms with van der Waals surface area (Å²) in [6, 6.07) is 0. The maximum Gasteiger partial charge on any atom is 0.472 e. The van der Waals surface area contributed by atoms with Crippen LogP contribution < -0.4 is 0 Å². The molecule has 552 valence electrons. The number of carbonyl (C=O) groups excluding carboxylic acids is 4. The van der Waals surface area contributed by atoms with Gasteiger partial charge >= 0.3 is 39.5 Å². The van der Waals surface area contributed by atoms with E-state index in [2.05, 4.69) is 27.7 Å². The van der Waals surface area contributed by atoms with E-state index in [0.717, 1.165) is 89.9 Å². The van der Waals surface area contributed by atoms with Gasteiger partial charge in [0.2, 0.25) is 0 Å². The number of rotatable bonds is 75. The molecule has 0 aliphatic rings. The summed E-state index contributed by atoms with van der Waals surface area (Å²) in [6.45, 7) is 4.96. The van der Waals surface area contributed by atoms with Crippen molar-refractivity contribution in [2.75, 3.05) is 39.6 Å². The number of phosphoric acid groups is 2. The molecule has 0 spiro atoms. The molecular weight excluding hydrogens is 1220 g/mol. The molecule has 2 unspecified atom stereocenters. The number of phosphoric ester groups is 2. The smallest absolute Gasteiger partial charge is 0.462 e. The predicted octanol–water partition coefficient (Wildman–Crippen LogP) is 21.8. The minimum absolute atomic E-state index is 0.107. The second kappa shape index (κ2) is 68.6. The number of ether oxygens (including phenoxy) is 4. The highest BCUT2D eigenvalue weighted by atomic mass is 31.2. The quantitative estimate of drug-likeness (QED) is 0.0222. The summed E-state index contributed by atoms with van der Waals surface area (Å²) < 4.78 is 68.4. The second-order valence-electron chi connectivity index (χ2n) is 26.7. The lowest BCUT2D eigenvalue weighted by molar-refractivity contribution is -0.161. The Hall–Kier alpha value is -1.94. The Morgan fingerprint density at radius 3 is 0.634 bits per heavy atom. The van der Waals surface area contributed by atoms with Crippen molar-refractivity contribution in [2.45, 2.75) is 412 Å². The summed E-state index contributed by atoms with van der Waals surface area (Å²) in [4.78, 5) is 72.7. The Balaban J connectivity index is 5.21. The molecule has 3 N–H and O–H groups in total. The van der Waals surface area contributed by atoms with E-state index in [4.69, 9.17) is 37.0 Å². The second-order valence-corrected chi connectivity index (χ2v) is 29.6. The number of unbranched alkanes of at least 4 members (excludes halogenated alkanes) is 49. The van der Waals surface area contributed by atoms with Crippen molar-refractivity contribution in [3.63, 3.8) is 0 Å². The Bertz CT molecular complexity index is 1770. The number of aliphatic hydroxyl groups excluding tert-OH is 1. The van der Waals surface area contributed by atoms with Crippen LogP contribution in [-0.2, 0) is 65.4 Å². The Kier molecular flexibility index (Phi) is 67.1. The molecule has 17 nitrogen and oxygen atoms in total. The summed E-state index contributed by atoms with van der Waals surface area (Å²) in [5.74, 6) is -2.11. The predicted molar refractivity (Wildman–Crippen MR) is 377 cm³/mol. The molecule has 0 saturated carbocycles. The number of aliphatic hydroxyl groups is 1. The number of hydrogen-bond acceptors (Lipinski definition) is 15. The molecule has 0 fully saturated rings. The van der Waals surface area contributed by atoms with E-state index >= 15 is 0 Å². The highest BCUT2D eigenvalue weighted by Gasteiger charge is 2.30. The molecule has 0 rings (SSSR count). The molecule has 0 aliphatic carbocycles. The first-order valence-corrected chi connectivity index (χ1v) is 41.8. The molecule has 0 saturated heterocycles. The Morgan fingerprint density at radius 2 is 0.430 bits per heavy atom. The lowest BCUT2D eigenvalue weighted by Crippen LogP contribution is -2.30. The lowest BCUT2D eigenvalue weighted by Gasteiger charge is -2.21. The monoisotopic (exact) mass is 1370 g/mol. The van der Waals surface area contributed by atoms with Crippen LogP contribution in [0.15, 0.2) is 0 Å². The highest BCUT2D eigenvalue weighted by Crippen LogP contribution is 2.45. The van der Waals surface area contributed by atoms with Crippen LogP contribution in [0.4, 0.5) is 0 Å². The van der Waals surface area contributed by atoms with Crippen LogP contribution in [0, 0.1) is 0 Å². The molecule has 0 bridgehead atoms. The van der Waals surface area contributed by atoms with Crippen molar-refractivity contribution >= 4 is 39.5 Å². The van der Waals surface area contributed by atoms with Crippen LogP contribution in [0.5, 0.6) is 0 Å². The zero-order valence-electron chi connectivity index (χ0n) is 60.2. The standard InChI is InChI=1S/C74H144O17P2/c1-5-9-13-17-21-25-28-30-32-34-36-38-41-45-49-53-57-61-74(79)91-70(65-85-72(77)59-55-51-47-43-40-37-35-33-31-29-26-22-18-14-10-6-2)67-89-93(82,83)87-63-68(75)62-86-92(80,81)88-66-69(64-84-71(76)58-54-50-46-42-24-20-16-12-8-4)90-73(78)60-56-52-48-44-39-27-23-19-15-11-7-3/h68-70,75H,5-67H2,1-4H3,(H,80,81)(H,82,83)/t68-,69+,70+/m0/s1. The van der Waals surface area contributed by atoms with Gasteiger partial charge in [-0.15, -0.1) is 0 Å². The van der Waals surface area contributed by atoms with Crippen LogP contribution in [-0.4, -0.2) is 96.7 Å². The summed E-state index contributed by atoms with van der Waals surface area (Å²) in [6.07, 6.45) is 58.2.